The molecule has 20 heavy (non-hydrogen) atoms. The van der Waals surface area contributed by atoms with Gasteiger partial charge in [-0.3, -0.25) is 4.89 Å². The lowest BCUT2D eigenvalue weighted by molar-refractivity contribution is -0.247. The summed E-state index contributed by atoms with van der Waals surface area (Å²) in [5.74, 6) is -0.470. The molecule has 0 saturated heterocycles. The summed E-state index contributed by atoms with van der Waals surface area (Å²) in [5.41, 5.74) is 0.501. The van der Waals surface area contributed by atoms with Gasteiger partial charge < -0.3 is 4.74 Å². The molecule has 0 fully saturated rings. The fourth-order valence-corrected chi connectivity index (χ4v) is 2.76. The predicted octanol–water partition coefficient (Wildman–Crippen LogP) is 2.75. The van der Waals surface area contributed by atoms with Crippen LogP contribution in [0.5, 0.6) is 0 Å². The molecule has 1 aromatic rings. The second-order valence-electron chi connectivity index (χ2n) is 5.63. The Balaban J connectivity index is 2.37. The first kappa shape index (κ1) is 16.9. The van der Waals surface area contributed by atoms with Crippen LogP contribution in [0.1, 0.15) is 23.7 Å². The summed E-state index contributed by atoms with van der Waals surface area (Å²) in [7, 11) is -1.33. The van der Waals surface area contributed by atoms with Crippen molar-refractivity contribution in [3.8, 4) is 0 Å². The van der Waals surface area contributed by atoms with Gasteiger partial charge in [-0.25, -0.2) is 4.79 Å². The van der Waals surface area contributed by atoms with Crippen LogP contribution < -0.4 is 5.19 Å². The monoisotopic (exact) mass is 296 g/mol. The molecule has 0 radical (unpaired) electrons. The molecule has 1 aromatic carbocycles. The van der Waals surface area contributed by atoms with Gasteiger partial charge in [0.2, 0.25) is 0 Å². The van der Waals surface area contributed by atoms with Crippen molar-refractivity contribution in [1.82, 2.24) is 0 Å². The van der Waals surface area contributed by atoms with Crippen LogP contribution in [-0.4, -0.2) is 33.9 Å². The minimum absolute atomic E-state index is 0.249. The van der Waals surface area contributed by atoms with E-state index in [1.165, 1.54) is 5.19 Å². The zero-order chi connectivity index (χ0) is 15.0. The first-order chi connectivity index (χ1) is 9.45. The van der Waals surface area contributed by atoms with E-state index < -0.39 is 14.0 Å². The molecule has 112 valence electrons. The maximum atomic E-state index is 11.7. The van der Waals surface area contributed by atoms with Crippen LogP contribution in [0.15, 0.2) is 24.3 Å². The summed E-state index contributed by atoms with van der Waals surface area (Å²) in [5, 5.41) is 1.31. The van der Waals surface area contributed by atoms with Crippen LogP contribution in [0.4, 0.5) is 0 Å². The Morgan fingerprint density at radius 2 is 1.70 bits per heavy atom. The molecule has 0 aliphatic heterocycles. The van der Waals surface area contributed by atoms with Crippen molar-refractivity contribution in [2.45, 2.75) is 33.0 Å². The number of hydrogen-bond donors (Lipinski definition) is 0. The molecule has 5 heteroatoms. The molecule has 0 spiro atoms. The second-order valence-corrected chi connectivity index (χ2v) is 10.7. The van der Waals surface area contributed by atoms with Crippen LogP contribution in [0.2, 0.25) is 19.6 Å². The highest BCUT2D eigenvalue weighted by molar-refractivity contribution is 6.88. The standard InChI is InChI=1S/C15H24O4Si/c1-5-10-17-11-12-18-19-15(16)13-6-8-14(9-7-13)20(2,3)4/h6-9H,5,10-12H2,1-4H3. The minimum Gasteiger partial charge on any atom is -0.379 e. The van der Waals surface area contributed by atoms with E-state index in [4.69, 9.17) is 14.5 Å². The first-order valence-electron chi connectivity index (χ1n) is 6.97. The Kier molecular flexibility index (Phi) is 6.91. The van der Waals surface area contributed by atoms with E-state index >= 15 is 0 Å². The van der Waals surface area contributed by atoms with Gasteiger partial charge in [0.15, 0.2) is 0 Å². The van der Waals surface area contributed by atoms with Gasteiger partial charge in [0.05, 0.1) is 20.2 Å². The fraction of sp³-hybridized carbons (Fsp3) is 0.533. The molecule has 0 unspecified atom stereocenters. The van der Waals surface area contributed by atoms with Crippen molar-refractivity contribution in [3.05, 3.63) is 29.8 Å². The number of ether oxygens (including phenoxy) is 1. The van der Waals surface area contributed by atoms with Crippen LogP contribution in [-0.2, 0) is 14.5 Å². The van der Waals surface area contributed by atoms with Gasteiger partial charge in [-0.05, 0) is 18.6 Å². The van der Waals surface area contributed by atoms with E-state index in [1.54, 1.807) is 12.1 Å². The summed E-state index contributed by atoms with van der Waals surface area (Å²) in [6.07, 6.45) is 0.962. The van der Waals surface area contributed by atoms with Gasteiger partial charge >= 0.3 is 5.97 Å². The van der Waals surface area contributed by atoms with Crippen molar-refractivity contribution in [3.63, 3.8) is 0 Å². The highest BCUT2D eigenvalue weighted by Gasteiger charge is 2.17. The smallest absolute Gasteiger partial charge is 0.373 e. The van der Waals surface area contributed by atoms with Gasteiger partial charge in [0.25, 0.3) is 0 Å². The van der Waals surface area contributed by atoms with Crippen molar-refractivity contribution in [2.75, 3.05) is 19.8 Å². The summed E-state index contributed by atoms with van der Waals surface area (Å²) < 4.78 is 5.21. The van der Waals surface area contributed by atoms with E-state index in [0.29, 0.717) is 18.8 Å². The Morgan fingerprint density at radius 3 is 2.25 bits per heavy atom. The molecule has 0 aromatic heterocycles. The van der Waals surface area contributed by atoms with E-state index in [2.05, 4.69) is 19.6 Å². The van der Waals surface area contributed by atoms with Gasteiger partial charge in [0, 0.05) is 6.61 Å². The second kappa shape index (κ2) is 8.19. The average molecular weight is 296 g/mol. The molecule has 0 bridgehead atoms. The summed E-state index contributed by atoms with van der Waals surface area (Å²) in [4.78, 5) is 21.3. The van der Waals surface area contributed by atoms with Crippen molar-refractivity contribution in [1.29, 1.82) is 0 Å². The lowest BCUT2D eigenvalue weighted by Crippen LogP contribution is -2.37. The summed E-state index contributed by atoms with van der Waals surface area (Å²) in [6, 6.07) is 7.56. The molecule has 0 N–H and O–H groups in total. The topological polar surface area (TPSA) is 44.8 Å². The molecule has 0 heterocycles. The molecule has 1 rings (SSSR count). The lowest BCUT2D eigenvalue weighted by atomic mass is 10.2. The zero-order valence-corrected chi connectivity index (χ0v) is 13.8. The van der Waals surface area contributed by atoms with Crippen molar-refractivity contribution >= 4 is 19.2 Å². The highest BCUT2D eigenvalue weighted by Crippen LogP contribution is 2.06. The van der Waals surface area contributed by atoms with Gasteiger partial charge in [-0.15, -0.1) is 0 Å². The summed E-state index contributed by atoms with van der Waals surface area (Å²) >= 11 is 0. The quantitative estimate of drug-likeness (QED) is 0.320. The maximum absolute atomic E-state index is 11.7. The minimum atomic E-state index is -1.33. The van der Waals surface area contributed by atoms with Crippen LogP contribution >= 0.6 is 0 Å². The number of carbonyl (C=O) groups excluding carboxylic acids is 1. The lowest BCUT2D eigenvalue weighted by Gasteiger charge is -2.16. The highest BCUT2D eigenvalue weighted by atomic mass is 28.3. The average Bonchev–Trinajstić information content (AvgIpc) is 2.41. The molecule has 0 aliphatic carbocycles. The third-order valence-electron chi connectivity index (χ3n) is 2.78. The largest absolute Gasteiger partial charge is 0.379 e. The van der Waals surface area contributed by atoms with E-state index in [-0.39, 0.29) is 6.61 Å². The Morgan fingerprint density at radius 1 is 1.05 bits per heavy atom. The van der Waals surface area contributed by atoms with E-state index in [0.717, 1.165) is 6.42 Å². The maximum Gasteiger partial charge on any atom is 0.373 e. The number of hydrogen-bond acceptors (Lipinski definition) is 4. The van der Waals surface area contributed by atoms with Crippen LogP contribution in [0.25, 0.3) is 0 Å². The third-order valence-corrected chi connectivity index (χ3v) is 4.85. The van der Waals surface area contributed by atoms with Gasteiger partial charge in [-0.2, -0.15) is 4.89 Å². The number of rotatable bonds is 8. The molecule has 0 saturated carbocycles. The molecule has 0 amide bonds. The molecule has 0 atom stereocenters. The van der Waals surface area contributed by atoms with Gasteiger partial charge in [-0.1, -0.05) is 43.9 Å². The molecular weight excluding hydrogens is 272 g/mol. The number of benzene rings is 1. The Hall–Kier alpha value is -1.17. The van der Waals surface area contributed by atoms with E-state index in [9.17, 15) is 4.79 Å². The normalized spacial score (nSPS) is 11.4. The molecular formula is C15H24O4Si. The van der Waals surface area contributed by atoms with Crippen molar-refractivity contribution in [2.24, 2.45) is 0 Å². The third kappa shape index (κ3) is 5.86. The summed E-state index contributed by atoms with van der Waals surface area (Å²) in [6.45, 7) is 10.2. The first-order valence-corrected chi connectivity index (χ1v) is 10.5. The predicted molar refractivity (Wildman–Crippen MR) is 81.9 cm³/mol. The van der Waals surface area contributed by atoms with Crippen LogP contribution in [0, 0.1) is 0 Å². The van der Waals surface area contributed by atoms with Gasteiger partial charge in [0.1, 0.15) is 6.61 Å². The zero-order valence-electron chi connectivity index (χ0n) is 12.8. The number of carbonyl (C=O) groups is 1. The fourth-order valence-electron chi connectivity index (χ4n) is 1.59. The van der Waals surface area contributed by atoms with Crippen molar-refractivity contribution < 1.29 is 19.3 Å². The van der Waals surface area contributed by atoms with E-state index in [1.807, 2.05) is 19.1 Å². The SMILES string of the molecule is CCCOCCOOC(=O)c1ccc([Si](C)(C)C)cc1. The Labute approximate surface area is 122 Å². The molecule has 4 nitrogen and oxygen atoms in total. The van der Waals surface area contributed by atoms with Crippen LogP contribution in [0.3, 0.4) is 0 Å². The molecule has 0 aliphatic rings. The Bertz CT molecular complexity index is 409.